The summed E-state index contributed by atoms with van der Waals surface area (Å²) in [4.78, 5) is 0. The van der Waals surface area contributed by atoms with Gasteiger partial charge in [-0.15, -0.1) is 0 Å². The van der Waals surface area contributed by atoms with E-state index in [9.17, 15) is 0 Å². The minimum absolute atomic E-state index is 0.866. The topological polar surface area (TPSA) is 0 Å². The van der Waals surface area contributed by atoms with Crippen LogP contribution in [0.2, 0.25) is 6.82 Å². The van der Waals surface area contributed by atoms with Gasteiger partial charge in [0.2, 0.25) is 0 Å². The summed E-state index contributed by atoms with van der Waals surface area (Å²) in [5, 5.41) is 0.866. The fourth-order valence-electron chi connectivity index (χ4n) is 0.402. The molecule has 0 aliphatic rings. The molecule has 0 aliphatic heterocycles. The van der Waals surface area contributed by atoms with Gasteiger partial charge in [0, 0.05) is 0 Å². The third-order valence-corrected chi connectivity index (χ3v) is 2.26. The van der Waals surface area contributed by atoms with Gasteiger partial charge in [-0.1, -0.05) is 20.7 Å². The van der Waals surface area contributed by atoms with Crippen molar-refractivity contribution >= 4 is 19.0 Å². The molecule has 1 atom stereocenters. The van der Waals surface area contributed by atoms with E-state index in [2.05, 4.69) is 20.7 Å². The Morgan fingerprint density at radius 2 is 2.29 bits per heavy atom. The molecule has 42 valence electrons. The lowest BCUT2D eigenvalue weighted by atomic mass is 9.79. The van der Waals surface area contributed by atoms with E-state index in [1.54, 1.807) is 0 Å². The predicted molar refractivity (Wildman–Crippen MR) is 40.6 cm³/mol. The van der Waals surface area contributed by atoms with Gasteiger partial charge in [0.05, 0.1) is 0 Å². The molecule has 0 aromatic carbocycles. The highest BCUT2D eigenvalue weighted by atomic mass is 32.2. The smallest absolute Gasteiger partial charge is 0.133 e. The van der Waals surface area contributed by atoms with Crippen molar-refractivity contribution in [1.82, 2.24) is 0 Å². The number of hydrogen-bond donors (Lipinski definition) is 0. The molecule has 2 heteroatoms. The van der Waals surface area contributed by atoms with E-state index in [-0.39, 0.29) is 0 Å². The van der Waals surface area contributed by atoms with Gasteiger partial charge >= 0.3 is 0 Å². The van der Waals surface area contributed by atoms with Crippen LogP contribution >= 0.6 is 11.8 Å². The van der Waals surface area contributed by atoms with Crippen molar-refractivity contribution in [3.63, 3.8) is 0 Å². The molecule has 0 bridgehead atoms. The fraction of sp³-hybridized carbons (Fsp3) is 1.00. The number of hydrogen-bond acceptors (Lipinski definition) is 1. The summed E-state index contributed by atoms with van der Waals surface area (Å²) in [6.45, 7) is 6.71. The Bertz CT molecular complexity index is 39.1. The summed E-state index contributed by atoms with van der Waals surface area (Å²) >= 11 is 2.03. The van der Waals surface area contributed by atoms with E-state index in [4.69, 9.17) is 0 Å². The summed E-state index contributed by atoms with van der Waals surface area (Å²) in [6.07, 6.45) is 0. The Balaban J connectivity index is 2.83. The maximum atomic E-state index is 2.27. The zero-order valence-electron chi connectivity index (χ0n) is 5.40. The highest BCUT2D eigenvalue weighted by Gasteiger charge is 1.94. The molecule has 0 N–H and O–H groups in total. The molecule has 0 aromatic rings. The van der Waals surface area contributed by atoms with Crippen LogP contribution in [0.1, 0.15) is 13.8 Å². The van der Waals surface area contributed by atoms with Crippen molar-refractivity contribution in [3.05, 3.63) is 0 Å². The molecular formula is C5H13BS. The summed E-state index contributed by atoms with van der Waals surface area (Å²) in [6, 6.07) is 0. The van der Waals surface area contributed by atoms with Crippen molar-refractivity contribution in [2.45, 2.75) is 25.8 Å². The van der Waals surface area contributed by atoms with Crippen molar-refractivity contribution in [1.29, 1.82) is 0 Å². The first-order valence-corrected chi connectivity index (χ1v) is 3.97. The first-order chi connectivity index (χ1) is 3.31. The molecule has 0 rings (SSSR count). The molecule has 0 saturated heterocycles. The van der Waals surface area contributed by atoms with Crippen LogP contribution in [0.4, 0.5) is 0 Å². The number of thioether (sulfide) groups is 1. The first-order valence-electron chi connectivity index (χ1n) is 2.92. The third kappa shape index (κ3) is 4.26. The van der Waals surface area contributed by atoms with E-state index in [1.807, 2.05) is 11.8 Å². The Morgan fingerprint density at radius 3 is 2.43 bits per heavy atom. The lowest BCUT2D eigenvalue weighted by Crippen LogP contribution is -2.02. The van der Waals surface area contributed by atoms with E-state index in [1.165, 1.54) is 13.0 Å². The lowest BCUT2D eigenvalue weighted by Gasteiger charge is -2.01. The molecule has 0 saturated carbocycles. The van der Waals surface area contributed by atoms with E-state index in [0.717, 1.165) is 5.15 Å². The van der Waals surface area contributed by atoms with Gasteiger partial charge in [0.15, 0.2) is 0 Å². The maximum absolute atomic E-state index is 2.27. The predicted octanol–water partition coefficient (Wildman–Crippen LogP) is 1.57. The Morgan fingerprint density at radius 1 is 1.71 bits per heavy atom. The monoisotopic (exact) mass is 116 g/mol. The molecule has 0 amide bonds. The minimum atomic E-state index is 0.866. The Hall–Kier alpha value is 0.415. The van der Waals surface area contributed by atoms with Crippen LogP contribution in [0, 0.1) is 0 Å². The van der Waals surface area contributed by atoms with Crippen LogP contribution in [0.15, 0.2) is 0 Å². The molecule has 0 aromatic heterocycles. The molecule has 0 nitrogen and oxygen atoms in total. The quantitative estimate of drug-likeness (QED) is 0.504. The minimum Gasteiger partial charge on any atom is -0.168 e. The highest BCUT2D eigenvalue weighted by molar-refractivity contribution is 8.01. The van der Waals surface area contributed by atoms with Crippen LogP contribution in [-0.4, -0.2) is 18.2 Å². The Labute approximate surface area is 51.3 Å². The Kier molecular flexibility index (Phi) is 4.84. The van der Waals surface area contributed by atoms with Crippen LogP contribution in [-0.2, 0) is 0 Å². The van der Waals surface area contributed by atoms with Crippen molar-refractivity contribution < 1.29 is 0 Å². The highest BCUT2D eigenvalue weighted by Crippen LogP contribution is 2.06. The largest absolute Gasteiger partial charge is 0.168 e. The van der Waals surface area contributed by atoms with Gasteiger partial charge in [-0.3, -0.25) is 0 Å². The second kappa shape index (κ2) is 4.57. The third-order valence-electron chi connectivity index (χ3n) is 1.03. The molecule has 0 spiro atoms. The molecule has 0 heterocycles. The molecule has 0 aliphatic carbocycles. The molecule has 0 fully saturated rings. The standard InChI is InChI=1S/C5H13BS/c1-4-7-5(2)6-3/h5-6H,4H2,1-3H3. The van der Waals surface area contributed by atoms with Gasteiger partial charge < -0.3 is 0 Å². The van der Waals surface area contributed by atoms with Gasteiger partial charge in [-0.2, -0.15) is 11.8 Å². The maximum Gasteiger partial charge on any atom is 0.133 e. The summed E-state index contributed by atoms with van der Waals surface area (Å²) in [5.41, 5.74) is 0. The summed E-state index contributed by atoms with van der Waals surface area (Å²) < 4.78 is 0. The van der Waals surface area contributed by atoms with E-state index >= 15 is 0 Å². The van der Waals surface area contributed by atoms with Gasteiger partial charge in [-0.25, -0.2) is 0 Å². The van der Waals surface area contributed by atoms with Gasteiger partial charge in [0.25, 0.3) is 0 Å². The molecule has 1 unspecified atom stereocenters. The average Bonchev–Trinajstić information content (AvgIpc) is 1.68. The van der Waals surface area contributed by atoms with Crippen molar-refractivity contribution in [2.75, 3.05) is 5.75 Å². The van der Waals surface area contributed by atoms with Crippen molar-refractivity contribution in [3.8, 4) is 0 Å². The van der Waals surface area contributed by atoms with E-state index in [0.29, 0.717) is 0 Å². The zero-order chi connectivity index (χ0) is 5.70. The van der Waals surface area contributed by atoms with Crippen molar-refractivity contribution in [2.24, 2.45) is 0 Å². The molecule has 0 radical (unpaired) electrons. The van der Waals surface area contributed by atoms with Crippen LogP contribution in [0.25, 0.3) is 0 Å². The van der Waals surface area contributed by atoms with Gasteiger partial charge in [-0.05, 0) is 10.9 Å². The van der Waals surface area contributed by atoms with E-state index < -0.39 is 0 Å². The molecular weight excluding hydrogens is 103 g/mol. The van der Waals surface area contributed by atoms with Crippen LogP contribution in [0.5, 0.6) is 0 Å². The first kappa shape index (κ1) is 7.41. The zero-order valence-corrected chi connectivity index (χ0v) is 6.22. The van der Waals surface area contributed by atoms with Crippen LogP contribution in [0.3, 0.4) is 0 Å². The second-order valence-electron chi connectivity index (χ2n) is 1.67. The second-order valence-corrected chi connectivity index (χ2v) is 3.39. The summed E-state index contributed by atoms with van der Waals surface area (Å²) in [5.74, 6) is 1.26. The fourth-order valence-corrected chi connectivity index (χ4v) is 1.21. The normalized spacial score (nSPS) is 13.6. The molecule has 7 heavy (non-hydrogen) atoms. The van der Waals surface area contributed by atoms with Crippen LogP contribution < -0.4 is 0 Å². The SMILES string of the molecule is CBC(C)SCC. The lowest BCUT2D eigenvalue weighted by molar-refractivity contribution is 1.36. The number of rotatable bonds is 3. The van der Waals surface area contributed by atoms with Gasteiger partial charge in [0.1, 0.15) is 7.28 Å². The average molecular weight is 116 g/mol. The summed E-state index contributed by atoms with van der Waals surface area (Å²) in [7, 11) is 1.30.